The number of rotatable bonds is 3. The maximum absolute atomic E-state index is 8.99. The van der Waals surface area contributed by atoms with Crippen LogP contribution >= 0.6 is 0 Å². The Kier molecular flexibility index (Phi) is 3.63. The molecule has 1 atom stereocenters. The molecule has 0 aromatic carbocycles. The molecule has 0 amide bonds. The van der Waals surface area contributed by atoms with Gasteiger partial charge in [0.1, 0.15) is 6.10 Å². The van der Waals surface area contributed by atoms with Crippen molar-refractivity contribution >= 4 is 0 Å². The Morgan fingerprint density at radius 1 is 1.75 bits per heavy atom. The molecule has 0 saturated heterocycles. The van der Waals surface area contributed by atoms with Crippen molar-refractivity contribution in [2.75, 3.05) is 0 Å². The normalized spacial score (nSPS) is 19.2. The summed E-state index contributed by atoms with van der Waals surface area (Å²) in [6.45, 7) is 0. The van der Waals surface area contributed by atoms with E-state index in [-0.39, 0.29) is 0 Å². The smallest absolute Gasteiger partial charge is 0.133 e. The Labute approximate surface area is 73.8 Å². The summed E-state index contributed by atoms with van der Waals surface area (Å²) < 4.78 is 0. The molecule has 0 aromatic rings. The molecule has 1 N–H and O–H groups in total. The van der Waals surface area contributed by atoms with Gasteiger partial charge in [0.25, 0.3) is 0 Å². The van der Waals surface area contributed by atoms with E-state index < -0.39 is 6.10 Å². The first-order valence-corrected chi connectivity index (χ1v) is 4.31. The maximum atomic E-state index is 8.99. The van der Waals surface area contributed by atoms with Crippen LogP contribution in [0.15, 0.2) is 23.8 Å². The van der Waals surface area contributed by atoms with E-state index in [1.807, 2.05) is 6.08 Å². The first kappa shape index (κ1) is 9.09. The summed E-state index contributed by atoms with van der Waals surface area (Å²) >= 11 is 0. The standard InChI is InChI=1S/C11H14O/c1-2-11(12)9-5-8-10-6-3-4-7-10/h1,5-6,9,11-12H,3-4,7-8H2. The molecule has 12 heavy (non-hydrogen) atoms. The lowest BCUT2D eigenvalue weighted by Crippen LogP contribution is -1.95. The zero-order valence-electron chi connectivity index (χ0n) is 7.16. The highest BCUT2D eigenvalue weighted by Crippen LogP contribution is 2.20. The molecule has 1 nitrogen and oxygen atoms in total. The average Bonchev–Trinajstić information content (AvgIpc) is 2.57. The molecular formula is C11H14O. The zero-order chi connectivity index (χ0) is 8.81. The molecule has 0 saturated carbocycles. The van der Waals surface area contributed by atoms with Crippen molar-refractivity contribution in [3.05, 3.63) is 23.8 Å². The summed E-state index contributed by atoms with van der Waals surface area (Å²) in [4.78, 5) is 0. The van der Waals surface area contributed by atoms with E-state index >= 15 is 0 Å². The third-order valence-corrected chi connectivity index (χ3v) is 2.00. The minimum absolute atomic E-state index is 0.716. The molecule has 0 spiro atoms. The van der Waals surface area contributed by atoms with E-state index in [0.717, 1.165) is 6.42 Å². The molecule has 0 heterocycles. The van der Waals surface area contributed by atoms with Crippen LogP contribution in [0.3, 0.4) is 0 Å². The SMILES string of the molecule is C#CC(O)C=CCC1=CCCC1. The Balaban J connectivity index is 2.25. The van der Waals surface area contributed by atoms with Crippen LogP contribution in [0.5, 0.6) is 0 Å². The van der Waals surface area contributed by atoms with Gasteiger partial charge in [0, 0.05) is 0 Å². The summed E-state index contributed by atoms with van der Waals surface area (Å²) in [6, 6.07) is 0. The first-order chi connectivity index (χ1) is 5.83. The van der Waals surface area contributed by atoms with Gasteiger partial charge in [-0.2, -0.15) is 0 Å². The van der Waals surface area contributed by atoms with Gasteiger partial charge in [-0.05, 0) is 31.8 Å². The Morgan fingerprint density at radius 3 is 3.17 bits per heavy atom. The number of allylic oxidation sites excluding steroid dienone is 3. The van der Waals surface area contributed by atoms with Crippen LogP contribution in [-0.4, -0.2) is 11.2 Å². The monoisotopic (exact) mass is 162 g/mol. The second-order valence-electron chi connectivity index (χ2n) is 3.00. The fourth-order valence-corrected chi connectivity index (χ4v) is 1.33. The average molecular weight is 162 g/mol. The predicted molar refractivity (Wildman–Crippen MR) is 50.5 cm³/mol. The van der Waals surface area contributed by atoms with Gasteiger partial charge < -0.3 is 5.11 Å². The van der Waals surface area contributed by atoms with Crippen LogP contribution in [-0.2, 0) is 0 Å². The molecule has 0 aliphatic heterocycles. The molecule has 1 aliphatic carbocycles. The van der Waals surface area contributed by atoms with Crippen LogP contribution < -0.4 is 0 Å². The van der Waals surface area contributed by atoms with E-state index in [0.29, 0.717) is 0 Å². The molecule has 1 aliphatic rings. The molecule has 1 unspecified atom stereocenters. The zero-order valence-corrected chi connectivity index (χ0v) is 7.16. The topological polar surface area (TPSA) is 20.2 Å². The van der Waals surface area contributed by atoms with Crippen molar-refractivity contribution in [3.8, 4) is 12.3 Å². The van der Waals surface area contributed by atoms with Crippen molar-refractivity contribution in [2.24, 2.45) is 0 Å². The van der Waals surface area contributed by atoms with Gasteiger partial charge in [-0.1, -0.05) is 23.6 Å². The highest BCUT2D eigenvalue weighted by molar-refractivity contribution is 5.14. The summed E-state index contributed by atoms with van der Waals surface area (Å²) in [6.07, 6.45) is 14.8. The second kappa shape index (κ2) is 4.79. The van der Waals surface area contributed by atoms with Gasteiger partial charge in [0.05, 0.1) is 0 Å². The number of hydrogen-bond donors (Lipinski definition) is 1. The number of hydrogen-bond acceptors (Lipinski definition) is 1. The lowest BCUT2D eigenvalue weighted by Gasteiger charge is -1.95. The minimum atomic E-state index is -0.716. The Hall–Kier alpha value is -1.00. The van der Waals surface area contributed by atoms with E-state index in [9.17, 15) is 0 Å². The van der Waals surface area contributed by atoms with Crippen LogP contribution in [0, 0.1) is 12.3 Å². The van der Waals surface area contributed by atoms with E-state index in [1.54, 1.807) is 6.08 Å². The molecule has 0 fully saturated rings. The van der Waals surface area contributed by atoms with E-state index in [1.165, 1.54) is 24.8 Å². The molecule has 1 heteroatoms. The third-order valence-electron chi connectivity index (χ3n) is 2.00. The van der Waals surface area contributed by atoms with Crippen LogP contribution in [0.2, 0.25) is 0 Å². The third kappa shape index (κ3) is 2.94. The van der Waals surface area contributed by atoms with Crippen LogP contribution in [0.25, 0.3) is 0 Å². The van der Waals surface area contributed by atoms with Crippen molar-refractivity contribution in [1.82, 2.24) is 0 Å². The van der Waals surface area contributed by atoms with E-state index in [2.05, 4.69) is 12.0 Å². The lowest BCUT2D eigenvalue weighted by atomic mass is 10.1. The summed E-state index contributed by atoms with van der Waals surface area (Å²) in [7, 11) is 0. The minimum Gasteiger partial charge on any atom is -0.377 e. The largest absolute Gasteiger partial charge is 0.377 e. The highest BCUT2D eigenvalue weighted by Gasteiger charge is 2.01. The fourth-order valence-electron chi connectivity index (χ4n) is 1.33. The van der Waals surface area contributed by atoms with Gasteiger partial charge in [-0.15, -0.1) is 6.42 Å². The molecule has 1 rings (SSSR count). The van der Waals surface area contributed by atoms with Crippen molar-refractivity contribution < 1.29 is 5.11 Å². The number of aliphatic hydroxyl groups excluding tert-OH is 1. The van der Waals surface area contributed by atoms with Gasteiger partial charge in [0.2, 0.25) is 0 Å². The van der Waals surface area contributed by atoms with Crippen LogP contribution in [0.4, 0.5) is 0 Å². The predicted octanol–water partition coefficient (Wildman–Crippen LogP) is 2.04. The Bertz CT molecular complexity index is 230. The van der Waals surface area contributed by atoms with E-state index in [4.69, 9.17) is 11.5 Å². The summed E-state index contributed by atoms with van der Waals surface area (Å²) in [5.74, 6) is 2.24. The van der Waals surface area contributed by atoms with Gasteiger partial charge in [0.15, 0.2) is 0 Å². The maximum Gasteiger partial charge on any atom is 0.133 e. The highest BCUT2D eigenvalue weighted by atomic mass is 16.3. The van der Waals surface area contributed by atoms with Gasteiger partial charge in [-0.3, -0.25) is 0 Å². The van der Waals surface area contributed by atoms with Crippen molar-refractivity contribution in [2.45, 2.75) is 31.8 Å². The van der Waals surface area contributed by atoms with Crippen molar-refractivity contribution in [1.29, 1.82) is 0 Å². The number of aliphatic hydroxyl groups is 1. The fraction of sp³-hybridized carbons (Fsp3) is 0.455. The quantitative estimate of drug-likeness (QED) is 0.497. The molecule has 64 valence electrons. The lowest BCUT2D eigenvalue weighted by molar-refractivity contribution is 0.280. The van der Waals surface area contributed by atoms with Crippen molar-refractivity contribution in [3.63, 3.8) is 0 Å². The summed E-state index contributed by atoms with van der Waals surface area (Å²) in [5.41, 5.74) is 1.47. The molecular weight excluding hydrogens is 148 g/mol. The summed E-state index contributed by atoms with van der Waals surface area (Å²) in [5, 5.41) is 8.99. The van der Waals surface area contributed by atoms with Gasteiger partial charge in [-0.25, -0.2) is 0 Å². The molecule has 0 aromatic heterocycles. The van der Waals surface area contributed by atoms with Crippen LogP contribution in [0.1, 0.15) is 25.7 Å². The number of terminal acetylenes is 1. The van der Waals surface area contributed by atoms with Gasteiger partial charge >= 0.3 is 0 Å². The molecule has 0 bridgehead atoms. The molecule has 0 radical (unpaired) electrons. The second-order valence-corrected chi connectivity index (χ2v) is 3.00. The Morgan fingerprint density at radius 2 is 2.58 bits per heavy atom. The first-order valence-electron chi connectivity index (χ1n) is 4.31.